The Morgan fingerprint density at radius 1 is 0.912 bits per heavy atom. The number of carbonyl (C=O) groups is 2. The Bertz CT molecular complexity index is 1110. The van der Waals surface area contributed by atoms with Crippen LogP contribution in [0.4, 0.5) is 10.1 Å². The summed E-state index contributed by atoms with van der Waals surface area (Å²) in [5.74, 6) is -0.767. The molecular weight excluding hydrogens is 459 g/mol. The van der Waals surface area contributed by atoms with E-state index in [1.807, 2.05) is 9.80 Å². The molecule has 1 N–H and O–H groups in total. The molecule has 2 aromatic rings. The smallest absolute Gasteiger partial charge is 0.243 e. The third-order valence-corrected chi connectivity index (χ3v) is 8.26. The van der Waals surface area contributed by atoms with Crippen molar-refractivity contribution in [3.8, 4) is 0 Å². The lowest BCUT2D eigenvalue weighted by Gasteiger charge is -2.38. The third-order valence-electron chi connectivity index (χ3n) is 6.34. The number of hydrogen-bond acceptors (Lipinski definition) is 5. The number of anilines is 1. The average molecular weight is 489 g/mol. The molecule has 8 nitrogen and oxygen atoms in total. The van der Waals surface area contributed by atoms with Gasteiger partial charge in [0.25, 0.3) is 0 Å². The molecule has 0 radical (unpaired) electrons. The normalized spacial score (nSPS) is 18.6. The van der Waals surface area contributed by atoms with Gasteiger partial charge < -0.3 is 10.2 Å². The molecule has 0 spiro atoms. The lowest BCUT2D eigenvalue weighted by Crippen LogP contribution is -2.53. The van der Waals surface area contributed by atoms with Crippen molar-refractivity contribution in [3.05, 3.63) is 60.4 Å². The largest absolute Gasteiger partial charge is 0.340 e. The zero-order chi connectivity index (χ0) is 24.1. The van der Waals surface area contributed by atoms with Crippen LogP contribution in [0.5, 0.6) is 0 Å². The van der Waals surface area contributed by atoms with Crippen molar-refractivity contribution in [2.24, 2.45) is 5.92 Å². The zero-order valence-corrected chi connectivity index (χ0v) is 19.7. The lowest BCUT2D eigenvalue weighted by molar-refractivity contribution is -0.138. The highest BCUT2D eigenvalue weighted by Gasteiger charge is 2.34. The first-order valence-corrected chi connectivity index (χ1v) is 12.9. The number of halogens is 1. The minimum absolute atomic E-state index is 0.0561. The van der Waals surface area contributed by atoms with Crippen LogP contribution in [-0.2, 0) is 19.6 Å². The third kappa shape index (κ3) is 5.81. The fourth-order valence-electron chi connectivity index (χ4n) is 4.44. The van der Waals surface area contributed by atoms with E-state index in [2.05, 4.69) is 5.32 Å². The van der Waals surface area contributed by atoms with Gasteiger partial charge in [-0.25, -0.2) is 12.8 Å². The molecule has 2 saturated heterocycles. The van der Waals surface area contributed by atoms with Gasteiger partial charge in [0.15, 0.2) is 0 Å². The maximum Gasteiger partial charge on any atom is 0.243 e. The first kappa shape index (κ1) is 24.3. The predicted octanol–water partition coefficient (Wildman–Crippen LogP) is 2.01. The van der Waals surface area contributed by atoms with Crippen molar-refractivity contribution in [3.63, 3.8) is 0 Å². The Morgan fingerprint density at radius 3 is 2.24 bits per heavy atom. The number of rotatable bonds is 6. The van der Waals surface area contributed by atoms with Gasteiger partial charge in [-0.3, -0.25) is 14.5 Å². The van der Waals surface area contributed by atoms with E-state index >= 15 is 0 Å². The van der Waals surface area contributed by atoms with E-state index < -0.39 is 15.8 Å². The molecular formula is C24H29FN4O4S. The number of benzene rings is 2. The summed E-state index contributed by atoms with van der Waals surface area (Å²) in [6, 6.07) is 14.1. The van der Waals surface area contributed by atoms with E-state index in [0.717, 1.165) is 0 Å². The van der Waals surface area contributed by atoms with E-state index in [1.54, 1.807) is 36.4 Å². The SMILES string of the molecule is O=C(CN1CCN(C(=O)C2CCN(S(=O)(=O)c3ccccc3)CC2)CC1)Nc1cccc(F)c1. The summed E-state index contributed by atoms with van der Waals surface area (Å²) in [6.07, 6.45) is 1.00. The van der Waals surface area contributed by atoms with Crippen LogP contribution in [0.15, 0.2) is 59.5 Å². The minimum Gasteiger partial charge on any atom is -0.340 e. The van der Waals surface area contributed by atoms with Crippen LogP contribution >= 0.6 is 0 Å². The average Bonchev–Trinajstić information content (AvgIpc) is 2.84. The number of piperidine rings is 1. The summed E-state index contributed by atoms with van der Waals surface area (Å²) in [6.45, 7) is 3.02. The second-order valence-electron chi connectivity index (χ2n) is 8.65. The second-order valence-corrected chi connectivity index (χ2v) is 10.6. The van der Waals surface area contributed by atoms with Crippen LogP contribution in [0.2, 0.25) is 0 Å². The molecule has 2 heterocycles. The topological polar surface area (TPSA) is 90.0 Å². The van der Waals surface area contributed by atoms with Gasteiger partial charge >= 0.3 is 0 Å². The zero-order valence-electron chi connectivity index (χ0n) is 18.9. The van der Waals surface area contributed by atoms with Crippen molar-refractivity contribution in [1.82, 2.24) is 14.1 Å². The molecule has 0 atom stereocenters. The van der Waals surface area contributed by atoms with Crippen LogP contribution < -0.4 is 5.32 Å². The Balaban J connectivity index is 1.22. The molecule has 2 aromatic carbocycles. The molecule has 34 heavy (non-hydrogen) atoms. The second kappa shape index (κ2) is 10.6. The first-order valence-electron chi connectivity index (χ1n) is 11.4. The summed E-state index contributed by atoms with van der Waals surface area (Å²) >= 11 is 0. The predicted molar refractivity (Wildman–Crippen MR) is 126 cm³/mol. The highest BCUT2D eigenvalue weighted by atomic mass is 32.2. The maximum atomic E-state index is 13.3. The molecule has 2 aliphatic heterocycles. The van der Waals surface area contributed by atoms with E-state index in [4.69, 9.17) is 0 Å². The van der Waals surface area contributed by atoms with Crippen LogP contribution in [0, 0.1) is 11.7 Å². The number of carbonyl (C=O) groups excluding carboxylic acids is 2. The Hall–Kier alpha value is -2.82. The van der Waals surface area contributed by atoms with Crippen molar-refractivity contribution >= 4 is 27.5 Å². The quantitative estimate of drug-likeness (QED) is 0.672. The van der Waals surface area contributed by atoms with Gasteiger partial charge in [0.1, 0.15) is 5.82 Å². The highest BCUT2D eigenvalue weighted by molar-refractivity contribution is 7.89. The Labute approximate surface area is 199 Å². The number of nitrogens with zero attached hydrogens (tertiary/aromatic N) is 3. The summed E-state index contributed by atoms with van der Waals surface area (Å²) < 4.78 is 40.3. The first-order chi connectivity index (χ1) is 16.3. The molecule has 0 saturated carbocycles. The van der Waals surface area contributed by atoms with Crippen molar-refractivity contribution < 1.29 is 22.4 Å². The van der Waals surface area contributed by atoms with Crippen LogP contribution in [0.3, 0.4) is 0 Å². The fourth-order valence-corrected chi connectivity index (χ4v) is 5.93. The van der Waals surface area contributed by atoms with E-state index in [0.29, 0.717) is 57.8 Å². The molecule has 182 valence electrons. The molecule has 0 bridgehead atoms. The van der Waals surface area contributed by atoms with Gasteiger partial charge in [0.2, 0.25) is 21.8 Å². The summed E-state index contributed by atoms with van der Waals surface area (Å²) in [7, 11) is -3.54. The van der Waals surface area contributed by atoms with E-state index in [1.165, 1.54) is 22.5 Å². The number of sulfonamides is 1. The summed E-state index contributed by atoms with van der Waals surface area (Å²) in [4.78, 5) is 29.3. The Kier molecular flexibility index (Phi) is 7.60. The molecule has 10 heteroatoms. The lowest BCUT2D eigenvalue weighted by atomic mass is 9.96. The fraction of sp³-hybridized carbons (Fsp3) is 0.417. The molecule has 0 aliphatic carbocycles. The molecule has 0 unspecified atom stereocenters. The number of hydrogen-bond donors (Lipinski definition) is 1. The van der Waals surface area contributed by atoms with Gasteiger partial charge in [-0.15, -0.1) is 0 Å². The van der Waals surface area contributed by atoms with Gasteiger partial charge in [0.05, 0.1) is 11.4 Å². The molecule has 2 fully saturated rings. The highest BCUT2D eigenvalue weighted by Crippen LogP contribution is 2.25. The number of piperazine rings is 1. The molecule has 0 aromatic heterocycles. The molecule has 2 aliphatic rings. The van der Waals surface area contributed by atoms with Crippen molar-refractivity contribution in [1.29, 1.82) is 0 Å². The standard InChI is InChI=1S/C24H29FN4O4S/c25-20-5-4-6-21(17-20)26-23(30)18-27-13-15-28(16-14-27)24(31)19-9-11-29(12-10-19)34(32,33)22-7-2-1-3-8-22/h1-8,17,19H,9-16,18H2,(H,26,30). The van der Waals surface area contributed by atoms with Crippen LogP contribution in [0.25, 0.3) is 0 Å². The number of amides is 2. The maximum absolute atomic E-state index is 13.3. The Morgan fingerprint density at radius 2 is 1.59 bits per heavy atom. The van der Waals surface area contributed by atoms with Crippen molar-refractivity contribution in [2.75, 3.05) is 51.1 Å². The molecule has 2 amide bonds. The van der Waals surface area contributed by atoms with E-state index in [9.17, 15) is 22.4 Å². The molecule has 4 rings (SSSR count). The minimum atomic E-state index is -3.54. The number of nitrogens with one attached hydrogen (secondary N) is 1. The van der Waals surface area contributed by atoms with Crippen LogP contribution in [-0.4, -0.2) is 80.2 Å². The van der Waals surface area contributed by atoms with Crippen LogP contribution in [0.1, 0.15) is 12.8 Å². The monoisotopic (exact) mass is 488 g/mol. The van der Waals surface area contributed by atoms with Crippen molar-refractivity contribution in [2.45, 2.75) is 17.7 Å². The summed E-state index contributed by atoms with van der Waals surface area (Å²) in [5.41, 5.74) is 0.416. The van der Waals surface area contributed by atoms with E-state index in [-0.39, 0.29) is 29.2 Å². The van der Waals surface area contributed by atoms with Gasteiger partial charge in [-0.05, 0) is 43.2 Å². The van der Waals surface area contributed by atoms with Gasteiger partial charge in [0, 0.05) is 50.9 Å². The summed E-state index contributed by atoms with van der Waals surface area (Å²) in [5, 5.41) is 2.69. The van der Waals surface area contributed by atoms with Gasteiger partial charge in [-0.2, -0.15) is 4.31 Å². The van der Waals surface area contributed by atoms with Gasteiger partial charge in [-0.1, -0.05) is 24.3 Å².